The minimum atomic E-state index is -4.39. The molecule has 16 heteroatoms. The highest BCUT2D eigenvalue weighted by molar-refractivity contribution is 5.78. The number of nitrogens with zero attached hydrogens (tertiary/aromatic N) is 6. The van der Waals surface area contributed by atoms with E-state index in [1.165, 1.54) is 24.3 Å². The molecule has 0 spiro atoms. The molecule has 352 valence electrons. The molecule has 2 N–H and O–H groups in total. The summed E-state index contributed by atoms with van der Waals surface area (Å²) in [6, 6.07) is 25.7. The van der Waals surface area contributed by atoms with Crippen LogP contribution in [0, 0.1) is 0 Å². The Morgan fingerprint density at radius 2 is 0.939 bits per heavy atom. The highest BCUT2D eigenvalue weighted by Gasteiger charge is 2.37. The van der Waals surface area contributed by atoms with Crippen LogP contribution in [0.1, 0.15) is 111 Å². The van der Waals surface area contributed by atoms with Crippen LogP contribution in [0.4, 0.5) is 35.9 Å². The number of alkyl halides is 6. The molecule has 0 bridgehead atoms. The van der Waals surface area contributed by atoms with Crippen LogP contribution in [0.5, 0.6) is 0 Å². The molecule has 2 aliphatic rings. The summed E-state index contributed by atoms with van der Waals surface area (Å²) < 4.78 is 78.7. The Kier molecular flexibility index (Phi) is 15.6. The fraction of sp³-hybridized carbons (Fsp3) is 0.440. The molecule has 0 saturated carbocycles. The van der Waals surface area contributed by atoms with Gasteiger partial charge in [-0.15, -0.1) is 0 Å². The molecule has 6 aromatic rings. The fourth-order valence-corrected chi connectivity index (χ4v) is 9.10. The number of rotatable bonds is 18. The zero-order valence-electron chi connectivity index (χ0n) is 37.5. The maximum Gasteiger partial charge on any atom is 0.416 e. The quantitative estimate of drug-likeness (QED) is 0.0662. The van der Waals surface area contributed by atoms with Gasteiger partial charge in [-0.2, -0.15) is 26.3 Å². The van der Waals surface area contributed by atoms with Crippen molar-refractivity contribution in [1.82, 2.24) is 39.5 Å². The molecular weight excluding hydrogens is 859 g/mol. The Balaban J connectivity index is 0.000000196. The second-order valence-corrected chi connectivity index (χ2v) is 17.0. The highest BCUT2D eigenvalue weighted by Crippen LogP contribution is 2.36. The van der Waals surface area contributed by atoms with Crippen molar-refractivity contribution in [3.8, 4) is 0 Å². The van der Waals surface area contributed by atoms with E-state index in [4.69, 9.17) is 0 Å². The predicted octanol–water partition coefficient (Wildman–Crippen LogP) is 12.4. The maximum absolute atomic E-state index is 13.1. The van der Waals surface area contributed by atoms with Crippen molar-refractivity contribution >= 4 is 34.1 Å². The normalized spacial score (nSPS) is 15.6. The molecule has 2 atom stereocenters. The molecule has 0 radical (unpaired) electrons. The van der Waals surface area contributed by atoms with E-state index in [1.807, 2.05) is 72.2 Å². The number of aromatic nitrogens is 4. The summed E-state index contributed by atoms with van der Waals surface area (Å²) in [5.41, 5.74) is 3.76. The minimum Gasteiger partial charge on any atom is -0.342 e. The Bertz CT molecular complexity index is 2300. The molecule has 0 aliphatic carbocycles. The van der Waals surface area contributed by atoms with Gasteiger partial charge in [0, 0.05) is 52.1 Å². The lowest BCUT2D eigenvalue weighted by molar-refractivity contribution is -0.138. The van der Waals surface area contributed by atoms with Crippen LogP contribution in [0.3, 0.4) is 0 Å². The predicted molar refractivity (Wildman–Crippen MR) is 244 cm³/mol. The molecule has 2 saturated heterocycles. The van der Waals surface area contributed by atoms with Gasteiger partial charge in [-0.1, -0.05) is 75.2 Å². The van der Waals surface area contributed by atoms with Crippen molar-refractivity contribution in [2.45, 2.75) is 102 Å². The molecule has 4 aromatic carbocycles. The van der Waals surface area contributed by atoms with Crippen LogP contribution in [0.2, 0.25) is 0 Å². The van der Waals surface area contributed by atoms with Gasteiger partial charge in [-0.3, -0.25) is 0 Å². The second kappa shape index (κ2) is 21.5. The molecule has 2 aromatic heterocycles. The summed E-state index contributed by atoms with van der Waals surface area (Å²) in [6.07, 6.45) is -0.227. The van der Waals surface area contributed by atoms with Crippen molar-refractivity contribution in [3.63, 3.8) is 0 Å². The number of hydrogen-bond donors (Lipinski definition) is 2. The molecule has 4 amide bonds. The average Bonchev–Trinajstić information content (AvgIpc) is 4.09. The number of halogens is 6. The number of unbranched alkanes of at least 4 members (excludes halogenated alkanes) is 4. The number of urea groups is 2. The molecule has 4 heterocycles. The van der Waals surface area contributed by atoms with E-state index >= 15 is 0 Å². The van der Waals surface area contributed by atoms with Crippen LogP contribution >= 0.6 is 0 Å². The van der Waals surface area contributed by atoms with Crippen LogP contribution in [-0.2, 0) is 25.2 Å². The Hall–Kier alpha value is -6.06. The number of amides is 4. The summed E-state index contributed by atoms with van der Waals surface area (Å²) in [5.74, 6) is 1.96. The topological polar surface area (TPSA) is 104 Å². The van der Waals surface area contributed by atoms with Gasteiger partial charge in [0.1, 0.15) is 11.6 Å². The number of hydrogen-bond acceptors (Lipinski definition) is 4. The van der Waals surface area contributed by atoms with E-state index in [1.54, 1.807) is 21.9 Å². The number of imidazole rings is 2. The molecule has 66 heavy (non-hydrogen) atoms. The zero-order chi connectivity index (χ0) is 46.8. The molecule has 1 unspecified atom stereocenters. The fourth-order valence-electron chi connectivity index (χ4n) is 9.10. The Labute approximate surface area is 381 Å². The van der Waals surface area contributed by atoms with E-state index in [-0.39, 0.29) is 24.1 Å². The van der Waals surface area contributed by atoms with Gasteiger partial charge in [0.05, 0.1) is 45.3 Å². The molecular formula is C50H58F6N8O2. The number of carbonyl (C=O) groups is 2. The van der Waals surface area contributed by atoms with Crippen LogP contribution < -0.4 is 0 Å². The average molecular weight is 917 g/mol. The molecule has 2 fully saturated rings. The third-order valence-corrected chi connectivity index (χ3v) is 12.5. The van der Waals surface area contributed by atoms with Gasteiger partial charge in [-0.25, -0.2) is 19.6 Å². The molecule has 2 aliphatic heterocycles. The van der Waals surface area contributed by atoms with Gasteiger partial charge in [0.25, 0.3) is 0 Å². The van der Waals surface area contributed by atoms with Crippen LogP contribution in [0.25, 0.3) is 22.1 Å². The zero-order valence-corrected chi connectivity index (χ0v) is 37.5. The van der Waals surface area contributed by atoms with E-state index in [2.05, 4.69) is 19.9 Å². The first kappa shape index (κ1) is 47.9. The second-order valence-electron chi connectivity index (χ2n) is 17.0. The van der Waals surface area contributed by atoms with Gasteiger partial charge in [0.15, 0.2) is 0 Å². The van der Waals surface area contributed by atoms with E-state index in [0.717, 1.165) is 97.2 Å². The van der Waals surface area contributed by atoms with Crippen LogP contribution in [0.15, 0.2) is 97.1 Å². The Morgan fingerprint density at radius 3 is 1.32 bits per heavy atom. The highest BCUT2D eigenvalue weighted by atomic mass is 19.4. The molecule has 10 nitrogen and oxygen atoms in total. The summed E-state index contributed by atoms with van der Waals surface area (Å²) in [4.78, 5) is 48.8. The number of aryl methyl sites for hydroxylation is 2. The van der Waals surface area contributed by atoms with Crippen molar-refractivity contribution < 1.29 is 35.9 Å². The number of aromatic amines is 2. The number of fused-ring (bicyclic) bond motifs is 2. The number of carbonyl (C=O) groups excluding carboxylic acids is 2. The number of H-pyrrole nitrogens is 2. The lowest BCUT2D eigenvalue weighted by atomic mass is 10.0. The standard InChI is InChI=1S/2C25H29F3N4O/c2*1-2-22(18-9-8-10-19(17-18)25(26,27)28)32-16-15-31(24(32)33)14-7-3-4-13-23-29-20-11-5-6-12-21(20)30-23/h2*5-6,8-12,17,22H,2-4,7,13-16H2,1H3,(H,29,30)/t22-;/m0./s1. The van der Waals surface area contributed by atoms with Crippen molar-refractivity contribution in [2.24, 2.45) is 0 Å². The smallest absolute Gasteiger partial charge is 0.342 e. The number of nitrogens with one attached hydrogen (secondary N) is 2. The first-order chi connectivity index (χ1) is 31.7. The number of para-hydroxylation sites is 4. The third-order valence-electron chi connectivity index (χ3n) is 12.5. The minimum absolute atomic E-state index is 0.0865. The van der Waals surface area contributed by atoms with Gasteiger partial charge < -0.3 is 29.6 Å². The largest absolute Gasteiger partial charge is 0.416 e. The van der Waals surface area contributed by atoms with Crippen molar-refractivity contribution in [1.29, 1.82) is 0 Å². The van der Waals surface area contributed by atoms with E-state index in [9.17, 15) is 35.9 Å². The lowest BCUT2D eigenvalue weighted by Crippen LogP contribution is -2.35. The van der Waals surface area contributed by atoms with E-state index < -0.39 is 23.5 Å². The lowest BCUT2D eigenvalue weighted by Gasteiger charge is -2.28. The van der Waals surface area contributed by atoms with Gasteiger partial charge in [0.2, 0.25) is 0 Å². The summed E-state index contributed by atoms with van der Waals surface area (Å²) in [6.45, 7) is 7.41. The summed E-state index contributed by atoms with van der Waals surface area (Å²) in [5, 5.41) is 0. The SMILES string of the molecule is CCC(c1cccc(C(F)(F)F)c1)N1CCN(CCCCCc2nc3ccccc3[nH]2)C1=O.CC[C@@H](c1cccc(C(F)(F)F)c1)N1CCN(CCCCCc2nc3ccccc3[nH]2)C1=O. The summed E-state index contributed by atoms with van der Waals surface area (Å²) >= 11 is 0. The Morgan fingerprint density at radius 1 is 0.530 bits per heavy atom. The van der Waals surface area contributed by atoms with Crippen molar-refractivity contribution in [2.75, 3.05) is 39.3 Å². The summed E-state index contributed by atoms with van der Waals surface area (Å²) in [7, 11) is 0. The number of benzene rings is 4. The van der Waals surface area contributed by atoms with Gasteiger partial charge in [-0.05, 0) is 98.2 Å². The van der Waals surface area contributed by atoms with Crippen LogP contribution in [-0.4, -0.2) is 90.9 Å². The monoisotopic (exact) mass is 916 g/mol. The third kappa shape index (κ3) is 11.8. The maximum atomic E-state index is 13.1. The first-order valence-electron chi connectivity index (χ1n) is 23.1. The first-order valence-corrected chi connectivity index (χ1v) is 23.1. The van der Waals surface area contributed by atoms with E-state index in [0.29, 0.717) is 63.2 Å². The van der Waals surface area contributed by atoms with Crippen molar-refractivity contribution in [3.05, 3.63) is 131 Å². The molecule has 8 rings (SSSR count). The van der Waals surface area contributed by atoms with Gasteiger partial charge >= 0.3 is 24.4 Å².